The monoisotopic (exact) mass is 557 g/mol. The van der Waals surface area contributed by atoms with Crippen LogP contribution in [0, 0.1) is 6.92 Å². The maximum absolute atomic E-state index is 12.6. The third-order valence-electron chi connectivity index (χ3n) is 5.70. The SMILES string of the molecule is Cc1cc(OCc2nc(-c3ccc4c(c3)OCCO4)c(-c3ccc(OC(F)(F)F)cc3)o2)ccc1OCC(=O)O. The number of fused-ring (bicyclic) bond motifs is 1. The Morgan fingerprint density at radius 1 is 0.925 bits per heavy atom. The van der Waals surface area contributed by atoms with Crippen LogP contribution in [0.1, 0.15) is 11.5 Å². The van der Waals surface area contributed by atoms with E-state index in [1.54, 1.807) is 43.3 Å². The van der Waals surface area contributed by atoms with Gasteiger partial charge in [-0.2, -0.15) is 0 Å². The molecular formula is C28H22F3NO8. The molecule has 208 valence electrons. The van der Waals surface area contributed by atoms with E-state index in [1.807, 2.05) is 0 Å². The largest absolute Gasteiger partial charge is 0.573 e. The Morgan fingerprint density at radius 3 is 2.33 bits per heavy atom. The summed E-state index contributed by atoms with van der Waals surface area (Å²) in [6, 6.07) is 15.4. The van der Waals surface area contributed by atoms with Crippen molar-refractivity contribution in [2.75, 3.05) is 19.8 Å². The highest BCUT2D eigenvalue weighted by Gasteiger charge is 2.31. The lowest BCUT2D eigenvalue weighted by atomic mass is 10.0. The van der Waals surface area contributed by atoms with Gasteiger partial charge >= 0.3 is 12.3 Å². The molecule has 1 aliphatic rings. The van der Waals surface area contributed by atoms with Crippen molar-refractivity contribution in [2.45, 2.75) is 19.9 Å². The molecule has 4 aromatic rings. The molecule has 40 heavy (non-hydrogen) atoms. The third kappa shape index (κ3) is 6.40. The summed E-state index contributed by atoms with van der Waals surface area (Å²) in [4.78, 5) is 15.4. The number of carboxylic acid groups (broad SMARTS) is 1. The Bertz CT molecular complexity index is 1520. The van der Waals surface area contributed by atoms with Crippen LogP contribution in [0.2, 0.25) is 0 Å². The number of halogens is 3. The molecule has 2 heterocycles. The summed E-state index contributed by atoms with van der Waals surface area (Å²) in [6.45, 7) is 2.04. The zero-order chi connectivity index (χ0) is 28.3. The molecule has 1 aliphatic heterocycles. The summed E-state index contributed by atoms with van der Waals surface area (Å²) in [6.07, 6.45) is -4.81. The molecule has 0 aliphatic carbocycles. The van der Waals surface area contributed by atoms with Gasteiger partial charge in [0.05, 0.1) is 0 Å². The van der Waals surface area contributed by atoms with Crippen LogP contribution in [0.5, 0.6) is 28.7 Å². The lowest BCUT2D eigenvalue weighted by Crippen LogP contribution is -2.16. The van der Waals surface area contributed by atoms with Crippen LogP contribution in [0.15, 0.2) is 65.1 Å². The lowest BCUT2D eigenvalue weighted by molar-refractivity contribution is -0.274. The van der Waals surface area contributed by atoms with Gasteiger partial charge in [-0.05, 0) is 73.2 Å². The minimum atomic E-state index is -4.81. The molecular weight excluding hydrogens is 535 g/mol. The highest BCUT2D eigenvalue weighted by atomic mass is 19.4. The van der Waals surface area contributed by atoms with Gasteiger partial charge < -0.3 is 33.2 Å². The molecule has 0 atom stereocenters. The van der Waals surface area contributed by atoms with E-state index in [0.717, 1.165) is 0 Å². The zero-order valence-electron chi connectivity index (χ0n) is 21.0. The summed E-state index contributed by atoms with van der Waals surface area (Å²) in [7, 11) is 0. The number of carbonyl (C=O) groups is 1. The number of aromatic nitrogens is 1. The van der Waals surface area contributed by atoms with Crippen LogP contribution in [0.3, 0.4) is 0 Å². The predicted octanol–water partition coefficient (Wildman–Crippen LogP) is 6.03. The van der Waals surface area contributed by atoms with E-state index in [0.29, 0.717) is 64.4 Å². The lowest BCUT2D eigenvalue weighted by Gasteiger charge is -2.18. The number of alkyl halides is 3. The quantitative estimate of drug-likeness (QED) is 0.264. The Balaban J connectivity index is 1.42. The van der Waals surface area contributed by atoms with Gasteiger partial charge in [-0.1, -0.05) is 0 Å². The average molecular weight is 557 g/mol. The predicted molar refractivity (Wildman–Crippen MR) is 134 cm³/mol. The van der Waals surface area contributed by atoms with E-state index < -0.39 is 18.9 Å². The molecule has 0 bridgehead atoms. The van der Waals surface area contributed by atoms with Crippen molar-refractivity contribution in [3.8, 4) is 51.3 Å². The van der Waals surface area contributed by atoms with Gasteiger partial charge in [-0.25, -0.2) is 9.78 Å². The van der Waals surface area contributed by atoms with Crippen LogP contribution < -0.4 is 23.7 Å². The first-order chi connectivity index (χ1) is 19.1. The van der Waals surface area contributed by atoms with Gasteiger partial charge in [-0.3, -0.25) is 0 Å². The first-order valence-corrected chi connectivity index (χ1v) is 12.0. The average Bonchev–Trinajstić information content (AvgIpc) is 3.35. The molecule has 0 unspecified atom stereocenters. The maximum Gasteiger partial charge on any atom is 0.573 e. The molecule has 1 aromatic heterocycles. The first-order valence-electron chi connectivity index (χ1n) is 12.0. The number of hydrogen-bond donors (Lipinski definition) is 1. The van der Waals surface area contributed by atoms with E-state index >= 15 is 0 Å². The number of aryl methyl sites for hydroxylation is 1. The van der Waals surface area contributed by atoms with E-state index in [1.165, 1.54) is 24.3 Å². The fraction of sp³-hybridized carbons (Fsp3) is 0.214. The summed E-state index contributed by atoms with van der Waals surface area (Å²) < 4.78 is 70.2. The van der Waals surface area contributed by atoms with Crippen LogP contribution >= 0.6 is 0 Å². The number of nitrogens with zero attached hydrogens (tertiary/aromatic N) is 1. The van der Waals surface area contributed by atoms with Crippen molar-refractivity contribution in [1.29, 1.82) is 0 Å². The summed E-state index contributed by atoms with van der Waals surface area (Å²) in [5, 5.41) is 8.80. The van der Waals surface area contributed by atoms with Crippen molar-refractivity contribution >= 4 is 5.97 Å². The molecule has 3 aromatic carbocycles. The molecule has 0 radical (unpaired) electrons. The van der Waals surface area contributed by atoms with Gasteiger partial charge in [0.2, 0.25) is 5.89 Å². The topological polar surface area (TPSA) is 109 Å². The van der Waals surface area contributed by atoms with Crippen LogP contribution in [-0.2, 0) is 11.4 Å². The molecule has 0 saturated heterocycles. The van der Waals surface area contributed by atoms with E-state index in [4.69, 9.17) is 28.5 Å². The fourth-order valence-electron chi connectivity index (χ4n) is 3.97. The second-order valence-electron chi connectivity index (χ2n) is 8.61. The molecule has 0 amide bonds. The van der Waals surface area contributed by atoms with Crippen molar-refractivity contribution < 1.29 is 51.2 Å². The fourth-order valence-corrected chi connectivity index (χ4v) is 3.97. The Labute approximate surface area is 225 Å². The van der Waals surface area contributed by atoms with Gasteiger partial charge in [0.1, 0.15) is 36.2 Å². The first kappa shape index (κ1) is 26.7. The van der Waals surface area contributed by atoms with Crippen LogP contribution in [0.25, 0.3) is 22.6 Å². The number of oxazole rings is 1. The van der Waals surface area contributed by atoms with E-state index in [-0.39, 0.29) is 18.2 Å². The van der Waals surface area contributed by atoms with Gasteiger partial charge in [0, 0.05) is 11.1 Å². The molecule has 0 fully saturated rings. The van der Waals surface area contributed by atoms with Crippen LogP contribution in [0.4, 0.5) is 13.2 Å². The third-order valence-corrected chi connectivity index (χ3v) is 5.70. The van der Waals surface area contributed by atoms with E-state index in [9.17, 15) is 18.0 Å². The van der Waals surface area contributed by atoms with Crippen molar-refractivity contribution in [3.63, 3.8) is 0 Å². The molecule has 0 saturated carbocycles. The molecule has 1 N–H and O–H groups in total. The maximum atomic E-state index is 12.6. The molecule has 12 heteroatoms. The number of carboxylic acids is 1. The molecule has 5 rings (SSSR count). The minimum absolute atomic E-state index is 0.0679. The molecule has 9 nitrogen and oxygen atoms in total. The Hall–Kier alpha value is -4.87. The number of hydrogen-bond acceptors (Lipinski definition) is 8. The minimum Gasteiger partial charge on any atom is -0.486 e. The standard InChI is InChI=1S/C28H22F3NO8/c1-16-12-20(7-9-21(16)38-15-25(33)34)37-14-24-32-26(18-4-8-22-23(13-18)36-11-10-35-22)27(39-24)17-2-5-19(6-3-17)40-28(29,30)31/h2-9,12-13H,10-11,14-15H2,1H3,(H,33,34). The smallest absolute Gasteiger partial charge is 0.486 e. The van der Waals surface area contributed by atoms with Gasteiger partial charge in [-0.15, -0.1) is 13.2 Å². The Morgan fingerprint density at radius 2 is 1.62 bits per heavy atom. The summed E-state index contributed by atoms with van der Waals surface area (Å²) in [5.41, 5.74) is 2.20. The Kier molecular flexibility index (Phi) is 7.41. The number of rotatable bonds is 9. The summed E-state index contributed by atoms with van der Waals surface area (Å²) in [5.74, 6) is 1.05. The number of aliphatic carboxylic acids is 1. The van der Waals surface area contributed by atoms with Gasteiger partial charge in [0.15, 0.2) is 30.5 Å². The van der Waals surface area contributed by atoms with Crippen molar-refractivity contribution in [1.82, 2.24) is 4.98 Å². The van der Waals surface area contributed by atoms with Crippen molar-refractivity contribution in [2.24, 2.45) is 0 Å². The van der Waals surface area contributed by atoms with Gasteiger partial charge in [0.25, 0.3) is 0 Å². The number of ether oxygens (including phenoxy) is 5. The highest BCUT2D eigenvalue weighted by Crippen LogP contribution is 2.39. The second-order valence-corrected chi connectivity index (χ2v) is 8.61. The summed E-state index contributed by atoms with van der Waals surface area (Å²) >= 11 is 0. The zero-order valence-corrected chi connectivity index (χ0v) is 21.0. The van der Waals surface area contributed by atoms with Crippen molar-refractivity contribution in [3.05, 3.63) is 72.1 Å². The van der Waals surface area contributed by atoms with E-state index in [2.05, 4.69) is 9.72 Å². The highest BCUT2D eigenvalue weighted by molar-refractivity contribution is 5.78. The number of benzene rings is 3. The van der Waals surface area contributed by atoms with Crippen LogP contribution in [-0.4, -0.2) is 42.2 Å². The molecule has 0 spiro atoms. The normalized spacial score (nSPS) is 12.6. The second kappa shape index (κ2) is 11.1.